The Hall–Kier alpha value is -0.0800. The van der Waals surface area contributed by atoms with E-state index < -0.39 is 0 Å². The largest absolute Gasteiger partial charge is 0.314 e. The standard InChI is InChI=1S/C9H18N2/c1-8-3-2-4-9-7-10-5-6-11(8)9/h8-10H,2-7H2,1H3. The van der Waals surface area contributed by atoms with Crippen LogP contribution in [0.4, 0.5) is 0 Å². The van der Waals surface area contributed by atoms with Crippen molar-refractivity contribution in [1.29, 1.82) is 0 Å². The predicted molar refractivity (Wildman–Crippen MR) is 46.7 cm³/mol. The summed E-state index contributed by atoms with van der Waals surface area (Å²) < 4.78 is 0. The smallest absolute Gasteiger partial charge is 0.0224 e. The number of fused-ring (bicyclic) bond motifs is 1. The maximum absolute atomic E-state index is 3.46. The summed E-state index contributed by atoms with van der Waals surface area (Å²) in [4.78, 5) is 2.68. The summed E-state index contributed by atoms with van der Waals surface area (Å²) in [5, 5.41) is 3.46. The lowest BCUT2D eigenvalue weighted by atomic mass is 9.95. The highest BCUT2D eigenvalue weighted by Crippen LogP contribution is 2.23. The summed E-state index contributed by atoms with van der Waals surface area (Å²) in [6, 6.07) is 1.70. The Balaban J connectivity index is 1.99. The third kappa shape index (κ3) is 1.42. The predicted octanol–water partition coefficient (Wildman–Crippen LogP) is 0.833. The van der Waals surface area contributed by atoms with Crippen molar-refractivity contribution in [3.8, 4) is 0 Å². The molecule has 2 atom stereocenters. The molecule has 2 saturated heterocycles. The van der Waals surface area contributed by atoms with Gasteiger partial charge in [-0.25, -0.2) is 0 Å². The third-order valence-corrected chi connectivity index (χ3v) is 3.12. The zero-order valence-electron chi connectivity index (χ0n) is 7.34. The Kier molecular flexibility index (Phi) is 2.14. The van der Waals surface area contributed by atoms with Gasteiger partial charge in [0.1, 0.15) is 0 Å². The number of hydrogen-bond donors (Lipinski definition) is 1. The summed E-state index contributed by atoms with van der Waals surface area (Å²) >= 11 is 0. The third-order valence-electron chi connectivity index (χ3n) is 3.12. The number of nitrogens with one attached hydrogen (secondary N) is 1. The van der Waals surface area contributed by atoms with E-state index in [4.69, 9.17) is 0 Å². The van der Waals surface area contributed by atoms with Gasteiger partial charge < -0.3 is 5.32 Å². The molecule has 2 heterocycles. The molecule has 0 radical (unpaired) electrons. The molecule has 0 aliphatic carbocycles. The van der Waals surface area contributed by atoms with E-state index in [1.54, 1.807) is 0 Å². The van der Waals surface area contributed by atoms with E-state index in [0.717, 1.165) is 12.1 Å². The Morgan fingerprint density at radius 1 is 1.36 bits per heavy atom. The molecule has 2 fully saturated rings. The summed E-state index contributed by atoms with van der Waals surface area (Å²) in [6.07, 6.45) is 4.26. The van der Waals surface area contributed by atoms with Crippen LogP contribution in [-0.4, -0.2) is 36.6 Å². The van der Waals surface area contributed by atoms with Crippen molar-refractivity contribution < 1.29 is 0 Å². The number of piperazine rings is 1. The second-order valence-corrected chi connectivity index (χ2v) is 3.88. The number of rotatable bonds is 0. The fourth-order valence-corrected chi connectivity index (χ4v) is 2.44. The highest BCUT2D eigenvalue weighted by atomic mass is 15.2. The van der Waals surface area contributed by atoms with Gasteiger partial charge in [0, 0.05) is 31.7 Å². The van der Waals surface area contributed by atoms with E-state index in [1.165, 1.54) is 38.9 Å². The van der Waals surface area contributed by atoms with Gasteiger partial charge in [-0.05, 0) is 19.8 Å². The molecule has 2 aliphatic rings. The first-order valence-corrected chi connectivity index (χ1v) is 4.84. The summed E-state index contributed by atoms with van der Waals surface area (Å²) in [5.41, 5.74) is 0. The molecule has 64 valence electrons. The van der Waals surface area contributed by atoms with Crippen LogP contribution in [0.1, 0.15) is 26.2 Å². The number of hydrogen-bond acceptors (Lipinski definition) is 2. The van der Waals surface area contributed by atoms with Crippen molar-refractivity contribution in [2.75, 3.05) is 19.6 Å². The van der Waals surface area contributed by atoms with Gasteiger partial charge in [0.2, 0.25) is 0 Å². The lowest BCUT2D eigenvalue weighted by Gasteiger charge is -2.43. The van der Waals surface area contributed by atoms with E-state index in [0.29, 0.717) is 0 Å². The van der Waals surface area contributed by atoms with Gasteiger partial charge in [-0.1, -0.05) is 6.42 Å². The molecule has 2 nitrogen and oxygen atoms in total. The van der Waals surface area contributed by atoms with Crippen LogP contribution in [0, 0.1) is 0 Å². The topological polar surface area (TPSA) is 15.3 Å². The van der Waals surface area contributed by atoms with Crippen molar-refractivity contribution in [3.63, 3.8) is 0 Å². The summed E-state index contributed by atoms with van der Waals surface area (Å²) in [6.45, 7) is 6.06. The van der Waals surface area contributed by atoms with Crippen molar-refractivity contribution >= 4 is 0 Å². The molecule has 0 spiro atoms. The van der Waals surface area contributed by atoms with Crippen LogP contribution in [0.25, 0.3) is 0 Å². The fourth-order valence-electron chi connectivity index (χ4n) is 2.44. The normalized spacial score (nSPS) is 40.1. The maximum atomic E-state index is 3.46. The lowest BCUT2D eigenvalue weighted by molar-refractivity contribution is 0.0717. The summed E-state index contributed by atoms with van der Waals surface area (Å²) in [5.74, 6) is 0. The number of piperidine rings is 1. The quantitative estimate of drug-likeness (QED) is 0.556. The van der Waals surface area contributed by atoms with Crippen molar-refractivity contribution in [2.24, 2.45) is 0 Å². The Morgan fingerprint density at radius 2 is 2.27 bits per heavy atom. The average Bonchev–Trinajstić information content (AvgIpc) is 2.06. The maximum Gasteiger partial charge on any atom is 0.0224 e. The van der Waals surface area contributed by atoms with E-state index in [-0.39, 0.29) is 0 Å². The van der Waals surface area contributed by atoms with Crippen molar-refractivity contribution in [3.05, 3.63) is 0 Å². The SMILES string of the molecule is CC1CCCC2CNCCN12. The summed E-state index contributed by atoms with van der Waals surface area (Å²) in [7, 11) is 0. The second kappa shape index (κ2) is 3.11. The van der Waals surface area contributed by atoms with Gasteiger partial charge in [-0.2, -0.15) is 0 Å². The molecule has 2 unspecified atom stereocenters. The molecule has 0 aromatic rings. The van der Waals surface area contributed by atoms with Gasteiger partial charge in [0.05, 0.1) is 0 Å². The molecule has 0 aromatic heterocycles. The molecule has 0 saturated carbocycles. The molecule has 1 N–H and O–H groups in total. The lowest BCUT2D eigenvalue weighted by Crippen LogP contribution is -2.56. The minimum atomic E-state index is 0.843. The minimum Gasteiger partial charge on any atom is -0.314 e. The fraction of sp³-hybridized carbons (Fsp3) is 1.00. The van der Waals surface area contributed by atoms with Gasteiger partial charge >= 0.3 is 0 Å². The highest BCUT2D eigenvalue weighted by Gasteiger charge is 2.29. The van der Waals surface area contributed by atoms with E-state index in [9.17, 15) is 0 Å². The van der Waals surface area contributed by atoms with Gasteiger partial charge in [0.15, 0.2) is 0 Å². The molecule has 2 aliphatic heterocycles. The average molecular weight is 154 g/mol. The molecule has 11 heavy (non-hydrogen) atoms. The van der Waals surface area contributed by atoms with Crippen molar-refractivity contribution in [2.45, 2.75) is 38.3 Å². The highest BCUT2D eigenvalue weighted by molar-refractivity contribution is 4.86. The molecule has 0 amide bonds. The van der Waals surface area contributed by atoms with Gasteiger partial charge in [-0.15, -0.1) is 0 Å². The van der Waals surface area contributed by atoms with E-state index in [1.807, 2.05) is 0 Å². The monoisotopic (exact) mass is 154 g/mol. The van der Waals surface area contributed by atoms with Crippen LogP contribution in [0.2, 0.25) is 0 Å². The Morgan fingerprint density at radius 3 is 3.09 bits per heavy atom. The van der Waals surface area contributed by atoms with Crippen LogP contribution in [0.3, 0.4) is 0 Å². The van der Waals surface area contributed by atoms with E-state index >= 15 is 0 Å². The first kappa shape index (κ1) is 7.56. The van der Waals surface area contributed by atoms with Gasteiger partial charge in [0.25, 0.3) is 0 Å². The molecule has 2 heteroatoms. The van der Waals surface area contributed by atoms with Crippen LogP contribution < -0.4 is 5.32 Å². The van der Waals surface area contributed by atoms with Crippen LogP contribution in [-0.2, 0) is 0 Å². The molecular formula is C9H18N2. The van der Waals surface area contributed by atoms with Gasteiger partial charge in [-0.3, -0.25) is 4.90 Å². The molecular weight excluding hydrogens is 136 g/mol. The molecule has 0 bridgehead atoms. The molecule has 2 rings (SSSR count). The zero-order chi connectivity index (χ0) is 7.68. The second-order valence-electron chi connectivity index (χ2n) is 3.88. The first-order valence-electron chi connectivity index (χ1n) is 4.84. The Bertz CT molecular complexity index is 134. The number of nitrogens with zero attached hydrogens (tertiary/aromatic N) is 1. The van der Waals surface area contributed by atoms with Crippen LogP contribution in [0.15, 0.2) is 0 Å². The van der Waals surface area contributed by atoms with E-state index in [2.05, 4.69) is 17.1 Å². The Labute approximate surface area is 69.0 Å². The minimum absolute atomic E-state index is 0.843. The van der Waals surface area contributed by atoms with Crippen molar-refractivity contribution in [1.82, 2.24) is 10.2 Å². The first-order chi connectivity index (χ1) is 5.38. The van der Waals surface area contributed by atoms with Crippen LogP contribution >= 0.6 is 0 Å². The van der Waals surface area contributed by atoms with Crippen LogP contribution in [0.5, 0.6) is 0 Å². The molecule has 0 aromatic carbocycles. The zero-order valence-corrected chi connectivity index (χ0v) is 7.34.